The fraction of sp³-hybridized carbons (Fsp3) is 0.222. The molecule has 0 fully saturated rings. The highest BCUT2D eigenvalue weighted by Crippen LogP contribution is 2.19. The molecule has 0 saturated heterocycles. The second-order valence-electron chi connectivity index (χ2n) is 2.45. The Kier molecular flexibility index (Phi) is 3.35. The summed E-state index contributed by atoms with van der Waals surface area (Å²) in [6.07, 6.45) is -2.62. The lowest BCUT2D eigenvalue weighted by atomic mass is 10.2. The van der Waals surface area contributed by atoms with Crippen molar-refractivity contribution >= 4 is 0 Å². The molecule has 1 aromatic carbocycles. The maximum absolute atomic E-state index is 12.6. The van der Waals surface area contributed by atoms with Crippen molar-refractivity contribution in [1.82, 2.24) is 0 Å². The van der Waals surface area contributed by atoms with Gasteiger partial charge in [-0.05, 0) is 18.2 Å². The van der Waals surface area contributed by atoms with Gasteiger partial charge in [-0.25, -0.2) is 13.2 Å². The Morgan fingerprint density at radius 3 is 2.71 bits per heavy atom. The van der Waals surface area contributed by atoms with Gasteiger partial charge in [-0.2, -0.15) is 5.26 Å². The zero-order valence-electron chi connectivity index (χ0n) is 7.01. The lowest BCUT2D eigenvalue weighted by Gasteiger charge is -2.06. The molecular weight excluding hydrogens is 195 g/mol. The molecule has 1 rings (SSSR count). The summed E-state index contributed by atoms with van der Waals surface area (Å²) in [4.78, 5) is 0. The van der Waals surface area contributed by atoms with Crippen LogP contribution in [0.1, 0.15) is 5.56 Å². The maximum atomic E-state index is 12.6. The molecule has 0 aliphatic rings. The third kappa shape index (κ3) is 2.66. The van der Waals surface area contributed by atoms with Gasteiger partial charge in [-0.1, -0.05) is 0 Å². The lowest BCUT2D eigenvalue weighted by molar-refractivity contribution is 0.0817. The average molecular weight is 201 g/mol. The molecule has 0 aliphatic heterocycles. The molecule has 0 aromatic heterocycles. The van der Waals surface area contributed by atoms with E-state index < -0.39 is 18.8 Å². The number of ether oxygens (including phenoxy) is 1. The average Bonchev–Trinajstić information content (AvgIpc) is 2.15. The van der Waals surface area contributed by atoms with Gasteiger partial charge >= 0.3 is 0 Å². The van der Waals surface area contributed by atoms with Crippen LogP contribution < -0.4 is 4.74 Å². The zero-order valence-corrected chi connectivity index (χ0v) is 7.01. The number of alkyl halides is 2. The van der Waals surface area contributed by atoms with Crippen LogP contribution in [0.4, 0.5) is 13.2 Å². The SMILES string of the molecule is N#Cc1cc(F)ccc1OCC(F)F. The summed E-state index contributed by atoms with van der Waals surface area (Å²) in [7, 11) is 0. The minimum Gasteiger partial charge on any atom is -0.486 e. The number of hydrogen-bond donors (Lipinski definition) is 0. The van der Waals surface area contributed by atoms with Crippen molar-refractivity contribution in [2.75, 3.05) is 6.61 Å². The normalized spacial score (nSPS) is 9.93. The second kappa shape index (κ2) is 4.51. The number of nitrogens with zero attached hydrogens (tertiary/aromatic N) is 1. The molecule has 2 nitrogen and oxygen atoms in total. The fourth-order valence-corrected chi connectivity index (χ4v) is 0.868. The summed E-state index contributed by atoms with van der Waals surface area (Å²) in [5.74, 6) is -0.639. The molecule has 0 radical (unpaired) electrons. The van der Waals surface area contributed by atoms with E-state index in [4.69, 9.17) is 5.26 Å². The van der Waals surface area contributed by atoms with Crippen LogP contribution in [0.5, 0.6) is 5.75 Å². The third-order valence-electron chi connectivity index (χ3n) is 1.43. The van der Waals surface area contributed by atoms with E-state index in [1.54, 1.807) is 6.07 Å². The van der Waals surface area contributed by atoms with Gasteiger partial charge in [0.05, 0.1) is 5.56 Å². The van der Waals surface area contributed by atoms with Gasteiger partial charge < -0.3 is 4.74 Å². The van der Waals surface area contributed by atoms with Crippen LogP contribution in [0.2, 0.25) is 0 Å². The largest absolute Gasteiger partial charge is 0.486 e. The molecule has 0 N–H and O–H groups in total. The van der Waals surface area contributed by atoms with E-state index >= 15 is 0 Å². The first-order valence-electron chi connectivity index (χ1n) is 3.74. The fourth-order valence-electron chi connectivity index (χ4n) is 0.868. The van der Waals surface area contributed by atoms with E-state index in [-0.39, 0.29) is 11.3 Å². The van der Waals surface area contributed by atoms with Gasteiger partial charge in [0.2, 0.25) is 0 Å². The molecule has 0 saturated carbocycles. The lowest BCUT2D eigenvalue weighted by Crippen LogP contribution is -2.07. The summed E-state index contributed by atoms with van der Waals surface area (Å²) in [5, 5.41) is 8.52. The van der Waals surface area contributed by atoms with Crippen LogP contribution in [-0.2, 0) is 0 Å². The Balaban J connectivity index is 2.82. The van der Waals surface area contributed by atoms with Crippen molar-refractivity contribution in [3.05, 3.63) is 29.6 Å². The predicted octanol–water partition coefficient (Wildman–Crippen LogP) is 2.34. The van der Waals surface area contributed by atoms with Crippen LogP contribution in [-0.4, -0.2) is 13.0 Å². The summed E-state index contributed by atoms with van der Waals surface area (Å²) in [5.41, 5.74) is -0.0920. The molecule has 1 aromatic rings. The van der Waals surface area contributed by atoms with Gasteiger partial charge in [0, 0.05) is 0 Å². The van der Waals surface area contributed by atoms with Crippen molar-refractivity contribution in [2.45, 2.75) is 6.43 Å². The molecule has 0 heterocycles. The first kappa shape index (κ1) is 10.4. The van der Waals surface area contributed by atoms with E-state index in [2.05, 4.69) is 4.74 Å². The summed E-state index contributed by atoms with van der Waals surface area (Å²) in [6, 6.07) is 4.77. The Hall–Kier alpha value is -1.70. The van der Waals surface area contributed by atoms with Gasteiger partial charge in [-0.3, -0.25) is 0 Å². The molecule has 0 atom stereocenters. The monoisotopic (exact) mass is 201 g/mol. The Labute approximate surface area is 78.5 Å². The predicted molar refractivity (Wildman–Crippen MR) is 42.6 cm³/mol. The Morgan fingerprint density at radius 2 is 2.14 bits per heavy atom. The first-order valence-corrected chi connectivity index (χ1v) is 3.74. The van der Waals surface area contributed by atoms with Crippen molar-refractivity contribution in [2.24, 2.45) is 0 Å². The molecule has 0 amide bonds. The van der Waals surface area contributed by atoms with Crippen LogP contribution in [0, 0.1) is 17.1 Å². The van der Waals surface area contributed by atoms with Crippen LogP contribution >= 0.6 is 0 Å². The highest BCUT2D eigenvalue weighted by Gasteiger charge is 2.08. The van der Waals surface area contributed by atoms with Gasteiger partial charge in [0.1, 0.15) is 24.2 Å². The standard InChI is InChI=1S/C9H6F3NO/c10-7-1-2-8(6(3-7)4-13)14-5-9(11)12/h1-3,9H,5H2. The van der Waals surface area contributed by atoms with E-state index in [9.17, 15) is 13.2 Å². The molecule has 0 bridgehead atoms. The Morgan fingerprint density at radius 1 is 1.43 bits per heavy atom. The number of halogens is 3. The van der Waals surface area contributed by atoms with Crippen molar-refractivity contribution in [1.29, 1.82) is 5.26 Å². The molecule has 74 valence electrons. The number of benzene rings is 1. The molecule has 14 heavy (non-hydrogen) atoms. The van der Waals surface area contributed by atoms with Crippen molar-refractivity contribution < 1.29 is 17.9 Å². The van der Waals surface area contributed by atoms with Crippen LogP contribution in [0.15, 0.2) is 18.2 Å². The quantitative estimate of drug-likeness (QED) is 0.751. The van der Waals surface area contributed by atoms with Crippen LogP contribution in [0.25, 0.3) is 0 Å². The molecule has 0 aliphatic carbocycles. The summed E-state index contributed by atoms with van der Waals surface area (Å²) in [6.45, 7) is -0.805. The van der Waals surface area contributed by atoms with Gasteiger partial charge in [-0.15, -0.1) is 0 Å². The maximum Gasteiger partial charge on any atom is 0.272 e. The minimum absolute atomic E-state index is 0.0331. The first-order chi connectivity index (χ1) is 6.63. The summed E-state index contributed by atoms with van der Waals surface area (Å²) < 4.78 is 40.7. The van der Waals surface area contributed by atoms with Gasteiger partial charge in [0.25, 0.3) is 6.43 Å². The highest BCUT2D eigenvalue weighted by molar-refractivity contribution is 5.42. The van der Waals surface area contributed by atoms with Crippen LogP contribution in [0.3, 0.4) is 0 Å². The van der Waals surface area contributed by atoms with Gasteiger partial charge in [0.15, 0.2) is 0 Å². The van der Waals surface area contributed by atoms with E-state index in [0.29, 0.717) is 0 Å². The topological polar surface area (TPSA) is 33.0 Å². The smallest absolute Gasteiger partial charge is 0.272 e. The minimum atomic E-state index is -2.62. The van der Waals surface area contributed by atoms with E-state index in [1.165, 1.54) is 0 Å². The highest BCUT2D eigenvalue weighted by atomic mass is 19.3. The Bertz CT molecular complexity index is 360. The third-order valence-corrected chi connectivity index (χ3v) is 1.43. The van der Waals surface area contributed by atoms with E-state index in [1.807, 2.05) is 0 Å². The molecule has 0 spiro atoms. The summed E-state index contributed by atoms with van der Waals surface area (Å²) >= 11 is 0. The zero-order chi connectivity index (χ0) is 10.6. The van der Waals surface area contributed by atoms with Crippen molar-refractivity contribution in [3.63, 3.8) is 0 Å². The molecule has 0 unspecified atom stereocenters. The second-order valence-corrected chi connectivity index (χ2v) is 2.45. The number of hydrogen-bond acceptors (Lipinski definition) is 2. The van der Waals surface area contributed by atoms with E-state index in [0.717, 1.165) is 18.2 Å². The van der Waals surface area contributed by atoms with Crippen molar-refractivity contribution in [3.8, 4) is 11.8 Å². The number of rotatable bonds is 3. The molecular formula is C9H6F3NO. The molecule has 5 heteroatoms. The number of nitriles is 1.